The molecule has 0 bridgehead atoms. The molecule has 1 amide bonds. The Morgan fingerprint density at radius 3 is 2.42 bits per heavy atom. The fourth-order valence-corrected chi connectivity index (χ4v) is 5.25. The highest BCUT2D eigenvalue weighted by molar-refractivity contribution is 6.05. The maximum absolute atomic E-state index is 14.4. The van der Waals surface area contributed by atoms with E-state index in [0.29, 0.717) is 36.5 Å². The third kappa shape index (κ3) is 4.82. The monoisotopic (exact) mass is 462 g/mol. The molecule has 2 atom stereocenters. The molecule has 0 aromatic carbocycles. The van der Waals surface area contributed by atoms with Crippen molar-refractivity contribution in [2.75, 3.05) is 37.8 Å². The number of alkyl halides is 1. The number of hydrogen-bond acceptors (Lipinski definition) is 8. The maximum Gasteiger partial charge on any atom is 0.287 e. The summed E-state index contributed by atoms with van der Waals surface area (Å²) in [6.45, 7) is 12.4. The number of carbonyl (C=O) groups is 1. The summed E-state index contributed by atoms with van der Waals surface area (Å²) in [7, 11) is 0. The Hall–Kier alpha value is -2.33. The number of hydrogen-bond donors (Lipinski definition) is 1. The second kappa shape index (κ2) is 9.89. The molecule has 4 rings (SSSR count). The van der Waals surface area contributed by atoms with Gasteiger partial charge in [-0.25, -0.2) is 9.40 Å². The summed E-state index contributed by atoms with van der Waals surface area (Å²) in [4.78, 5) is 20.5. The molecule has 3 aliphatic heterocycles. The molecule has 4 heterocycles. The van der Waals surface area contributed by atoms with Gasteiger partial charge in [-0.15, -0.1) is 0 Å². The van der Waals surface area contributed by atoms with Gasteiger partial charge in [0.1, 0.15) is 18.8 Å². The van der Waals surface area contributed by atoms with E-state index in [1.807, 2.05) is 13.8 Å². The molecule has 182 valence electrons. The van der Waals surface area contributed by atoms with Crippen LogP contribution in [-0.4, -0.2) is 87.7 Å². The standard InChI is InChI=1S/C23H35FN6O3/c1-14(2)20-15(3)21(16(4)24)30(26-20)23-25-22(33-27-23)17-5-9-28(10-6-17)18-7-11-29(12-8-18)19(32)13-31/h14,16-18,21,31H,3,5-13H2,1-2,4H3. The summed E-state index contributed by atoms with van der Waals surface area (Å²) in [5, 5.41) is 19.3. The smallest absolute Gasteiger partial charge is 0.287 e. The minimum atomic E-state index is -1.17. The minimum absolute atomic E-state index is 0.132. The van der Waals surface area contributed by atoms with E-state index < -0.39 is 18.8 Å². The van der Waals surface area contributed by atoms with Gasteiger partial charge in [0.15, 0.2) is 0 Å². The van der Waals surface area contributed by atoms with Crippen molar-refractivity contribution < 1.29 is 18.8 Å². The van der Waals surface area contributed by atoms with Crippen LogP contribution in [0.1, 0.15) is 58.3 Å². The first kappa shape index (κ1) is 23.8. The third-order valence-electron chi connectivity index (χ3n) is 7.13. The van der Waals surface area contributed by atoms with Gasteiger partial charge < -0.3 is 19.4 Å². The van der Waals surface area contributed by atoms with Crippen LogP contribution in [0.25, 0.3) is 0 Å². The Morgan fingerprint density at radius 1 is 1.18 bits per heavy atom. The van der Waals surface area contributed by atoms with Gasteiger partial charge in [0.05, 0.1) is 5.71 Å². The molecule has 0 saturated carbocycles. The molecule has 1 aromatic heterocycles. The molecule has 2 fully saturated rings. The van der Waals surface area contributed by atoms with Crippen molar-refractivity contribution in [3.63, 3.8) is 0 Å². The van der Waals surface area contributed by atoms with Gasteiger partial charge in [0.25, 0.3) is 5.95 Å². The number of carbonyl (C=O) groups excluding carboxylic acids is 1. The third-order valence-corrected chi connectivity index (χ3v) is 7.13. The summed E-state index contributed by atoms with van der Waals surface area (Å²) >= 11 is 0. The van der Waals surface area contributed by atoms with Gasteiger partial charge in [0, 0.05) is 25.0 Å². The molecule has 9 nitrogen and oxygen atoms in total. The molecular formula is C23H35FN6O3. The van der Waals surface area contributed by atoms with E-state index in [1.165, 1.54) is 11.9 Å². The predicted octanol–water partition coefficient (Wildman–Crippen LogP) is 2.35. The zero-order chi connectivity index (χ0) is 23.7. The number of likely N-dealkylation sites (tertiary alicyclic amines) is 2. The van der Waals surface area contributed by atoms with Crippen LogP contribution < -0.4 is 5.01 Å². The van der Waals surface area contributed by atoms with E-state index in [-0.39, 0.29) is 17.7 Å². The van der Waals surface area contributed by atoms with E-state index in [2.05, 4.69) is 26.7 Å². The van der Waals surface area contributed by atoms with Crippen LogP contribution in [0.2, 0.25) is 0 Å². The SMILES string of the molecule is C=C1C(C(C)C)=NN(c2noc(C3CCN(C4CCN(C(=O)CO)CC4)CC3)n2)C1C(C)F. The van der Waals surface area contributed by atoms with Crippen molar-refractivity contribution >= 4 is 17.6 Å². The highest BCUT2D eigenvalue weighted by Crippen LogP contribution is 2.34. The zero-order valence-electron chi connectivity index (χ0n) is 19.8. The number of hydrazone groups is 1. The summed E-state index contributed by atoms with van der Waals surface area (Å²) < 4.78 is 20.0. The first-order valence-corrected chi connectivity index (χ1v) is 12.0. The molecule has 1 aromatic rings. The van der Waals surface area contributed by atoms with Crippen molar-refractivity contribution in [1.82, 2.24) is 19.9 Å². The Labute approximate surface area is 194 Å². The largest absolute Gasteiger partial charge is 0.387 e. The maximum atomic E-state index is 14.4. The van der Waals surface area contributed by atoms with Crippen LogP contribution in [0.5, 0.6) is 0 Å². The average Bonchev–Trinajstić information content (AvgIpc) is 3.43. The molecule has 1 N–H and O–H groups in total. The van der Waals surface area contributed by atoms with Crippen molar-refractivity contribution in [2.24, 2.45) is 11.0 Å². The van der Waals surface area contributed by atoms with Crippen LogP contribution in [-0.2, 0) is 4.79 Å². The van der Waals surface area contributed by atoms with Crippen molar-refractivity contribution in [3.05, 3.63) is 18.0 Å². The quantitative estimate of drug-likeness (QED) is 0.693. The number of anilines is 1. The topological polar surface area (TPSA) is 98.3 Å². The van der Waals surface area contributed by atoms with Gasteiger partial charge in [-0.05, 0) is 62.3 Å². The second-order valence-electron chi connectivity index (χ2n) is 9.65. The zero-order valence-corrected chi connectivity index (χ0v) is 19.8. The van der Waals surface area contributed by atoms with Crippen molar-refractivity contribution in [1.29, 1.82) is 0 Å². The lowest BCUT2D eigenvalue weighted by atomic mass is 9.93. The van der Waals surface area contributed by atoms with Gasteiger partial charge in [-0.3, -0.25) is 4.79 Å². The lowest BCUT2D eigenvalue weighted by molar-refractivity contribution is -0.135. The lowest BCUT2D eigenvalue weighted by Gasteiger charge is -2.41. The van der Waals surface area contributed by atoms with Crippen LogP contribution >= 0.6 is 0 Å². The number of halogens is 1. The van der Waals surface area contributed by atoms with Crippen molar-refractivity contribution in [3.8, 4) is 0 Å². The molecular weight excluding hydrogens is 427 g/mol. The van der Waals surface area contributed by atoms with Crippen LogP contribution in [0, 0.1) is 5.92 Å². The van der Waals surface area contributed by atoms with E-state index in [9.17, 15) is 9.18 Å². The number of amides is 1. The summed E-state index contributed by atoms with van der Waals surface area (Å²) in [5.74, 6) is 0.985. The molecule has 2 unspecified atom stereocenters. The molecule has 3 aliphatic rings. The highest BCUT2D eigenvalue weighted by Gasteiger charge is 2.39. The van der Waals surface area contributed by atoms with Gasteiger partial charge in [-0.2, -0.15) is 10.1 Å². The fourth-order valence-electron chi connectivity index (χ4n) is 5.25. The normalized spacial score (nSPS) is 24.6. The molecule has 10 heteroatoms. The molecule has 0 spiro atoms. The van der Waals surface area contributed by atoms with E-state index in [1.54, 1.807) is 4.90 Å². The Bertz CT molecular complexity index is 885. The Morgan fingerprint density at radius 2 is 1.85 bits per heavy atom. The summed E-state index contributed by atoms with van der Waals surface area (Å²) in [6, 6.07) is -0.156. The van der Waals surface area contributed by atoms with E-state index in [0.717, 1.165) is 44.5 Å². The highest BCUT2D eigenvalue weighted by atomic mass is 19.1. The Kier molecular flexibility index (Phi) is 7.13. The Balaban J connectivity index is 1.36. The van der Waals surface area contributed by atoms with E-state index >= 15 is 0 Å². The van der Waals surface area contributed by atoms with Crippen LogP contribution in [0.4, 0.5) is 10.3 Å². The molecule has 0 radical (unpaired) electrons. The fraction of sp³-hybridized carbons (Fsp3) is 0.739. The summed E-state index contributed by atoms with van der Waals surface area (Å²) in [6.07, 6.45) is 2.51. The molecule has 0 aliphatic carbocycles. The predicted molar refractivity (Wildman–Crippen MR) is 123 cm³/mol. The van der Waals surface area contributed by atoms with Crippen LogP contribution in [0.3, 0.4) is 0 Å². The lowest BCUT2D eigenvalue weighted by Crippen LogP contribution is -2.49. The molecule has 33 heavy (non-hydrogen) atoms. The van der Waals surface area contributed by atoms with E-state index in [4.69, 9.17) is 9.63 Å². The molecule has 2 saturated heterocycles. The number of aromatic nitrogens is 2. The number of aliphatic hydroxyl groups is 1. The number of rotatable bonds is 6. The summed E-state index contributed by atoms with van der Waals surface area (Å²) in [5.41, 5.74) is 1.45. The average molecular weight is 463 g/mol. The van der Waals surface area contributed by atoms with Crippen LogP contribution in [0.15, 0.2) is 21.8 Å². The van der Waals surface area contributed by atoms with Gasteiger partial charge >= 0.3 is 0 Å². The number of piperidine rings is 2. The number of nitrogens with zero attached hydrogens (tertiary/aromatic N) is 6. The minimum Gasteiger partial charge on any atom is -0.387 e. The first-order valence-electron chi connectivity index (χ1n) is 12.0. The second-order valence-corrected chi connectivity index (χ2v) is 9.65. The van der Waals surface area contributed by atoms with Gasteiger partial charge in [-0.1, -0.05) is 20.4 Å². The number of aliphatic hydroxyl groups excluding tert-OH is 1. The first-order chi connectivity index (χ1) is 15.8. The van der Waals surface area contributed by atoms with Gasteiger partial charge in [0.2, 0.25) is 11.8 Å². The van der Waals surface area contributed by atoms with Crippen molar-refractivity contribution in [2.45, 2.75) is 70.6 Å².